The van der Waals surface area contributed by atoms with Gasteiger partial charge in [-0.05, 0) is 152 Å². The first-order valence-corrected chi connectivity index (χ1v) is 13.0. The summed E-state index contributed by atoms with van der Waals surface area (Å²) in [6, 6.07) is 20.6. The van der Waals surface area contributed by atoms with E-state index in [1.807, 2.05) is 0 Å². The summed E-state index contributed by atoms with van der Waals surface area (Å²) in [4.78, 5) is 0. The largest absolute Gasteiger partial charge is 0.0546 e. The van der Waals surface area contributed by atoms with Crippen LogP contribution in [0.3, 0.4) is 0 Å². The van der Waals surface area contributed by atoms with Gasteiger partial charge >= 0.3 is 0 Å². The molecule has 0 bridgehead atoms. The highest BCUT2D eigenvalue weighted by atomic mass is 14.4. The molecule has 5 aliphatic carbocycles. The van der Waals surface area contributed by atoms with Crippen molar-refractivity contribution in [2.75, 3.05) is 0 Å². The van der Waals surface area contributed by atoms with Crippen LogP contribution in [0.4, 0.5) is 0 Å². The van der Waals surface area contributed by atoms with Gasteiger partial charge in [0.1, 0.15) is 0 Å². The van der Waals surface area contributed by atoms with Crippen LogP contribution >= 0.6 is 0 Å². The van der Waals surface area contributed by atoms with Crippen LogP contribution in [0, 0.1) is 0 Å². The third-order valence-corrected chi connectivity index (χ3v) is 9.94. The minimum absolute atomic E-state index is 1.11. The van der Waals surface area contributed by atoms with Gasteiger partial charge in [0.05, 0.1) is 0 Å². The van der Waals surface area contributed by atoms with Crippen molar-refractivity contribution in [1.29, 1.82) is 0 Å². The molecule has 34 heavy (non-hydrogen) atoms. The lowest BCUT2D eigenvalue weighted by molar-refractivity contribution is 0.922. The van der Waals surface area contributed by atoms with Crippen LogP contribution in [0.15, 0.2) is 48.5 Å². The van der Waals surface area contributed by atoms with E-state index in [-0.39, 0.29) is 0 Å². The van der Waals surface area contributed by atoms with Crippen LogP contribution in [0.25, 0.3) is 11.1 Å². The molecule has 0 amide bonds. The van der Waals surface area contributed by atoms with Gasteiger partial charge in [-0.2, -0.15) is 0 Å². The average molecular weight is 433 g/mol. The van der Waals surface area contributed by atoms with Crippen molar-refractivity contribution in [3.05, 3.63) is 138 Å². The zero-order valence-corrected chi connectivity index (χ0v) is 19.3. The van der Waals surface area contributed by atoms with Crippen molar-refractivity contribution in [1.82, 2.24) is 0 Å². The van der Waals surface area contributed by atoms with Crippen molar-refractivity contribution < 1.29 is 0 Å². The Kier molecular flexibility index (Phi) is 2.75. The van der Waals surface area contributed by atoms with Crippen LogP contribution in [0.2, 0.25) is 0 Å². The van der Waals surface area contributed by atoms with E-state index in [1.54, 1.807) is 100 Å². The Bertz CT molecular complexity index is 1610. The van der Waals surface area contributed by atoms with Gasteiger partial charge in [0.15, 0.2) is 0 Å². The zero-order valence-electron chi connectivity index (χ0n) is 19.3. The third-order valence-electron chi connectivity index (χ3n) is 9.94. The molecule has 160 valence electrons. The van der Waals surface area contributed by atoms with E-state index in [0.29, 0.717) is 0 Å². The Morgan fingerprint density at radius 3 is 0.706 bits per heavy atom. The van der Waals surface area contributed by atoms with Crippen LogP contribution in [-0.2, 0) is 51.4 Å². The number of fused-ring (bicyclic) bond motifs is 10. The Morgan fingerprint density at radius 1 is 0.235 bits per heavy atom. The Hall–Kier alpha value is -3.38. The van der Waals surface area contributed by atoms with Crippen molar-refractivity contribution in [3.63, 3.8) is 0 Å². The van der Waals surface area contributed by atoms with Crippen LogP contribution in [0.5, 0.6) is 0 Å². The van der Waals surface area contributed by atoms with Gasteiger partial charge in [0.25, 0.3) is 0 Å². The number of allylic oxidation sites excluding steroid dienone is 2. The summed E-state index contributed by atoms with van der Waals surface area (Å²) >= 11 is 0. The molecule has 4 aromatic rings. The molecule has 0 radical (unpaired) electrons. The van der Waals surface area contributed by atoms with Crippen LogP contribution in [0.1, 0.15) is 89.0 Å². The summed E-state index contributed by atoms with van der Waals surface area (Å²) in [5, 5.41) is 0. The summed E-state index contributed by atoms with van der Waals surface area (Å²) in [7, 11) is 0. The molecule has 0 fully saturated rings. The molecule has 5 aliphatic rings. The fourth-order valence-corrected chi connectivity index (χ4v) is 8.15. The van der Waals surface area contributed by atoms with Crippen molar-refractivity contribution in [2.45, 2.75) is 51.4 Å². The predicted molar refractivity (Wildman–Crippen MR) is 137 cm³/mol. The van der Waals surface area contributed by atoms with Gasteiger partial charge in [-0.25, -0.2) is 0 Å². The standard InChI is InChI=1S/C34H24/c1-17-2-21-7-25-11-29-15-33-31-13-27-9-23-5-19(1)20-3-18(17)4-22(21)8-26(25)12-30(29)16-34(33)32(31)14-28(27)10-24(23)6-20/h1,3,7-10,15-16H,2,4-6,11-14H2. The molecule has 0 heterocycles. The highest BCUT2D eigenvalue weighted by Gasteiger charge is 2.34. The van der Waals surface area contributed by atoms with Gasteiger partial charge in [0.2, 0.25) is 0 Å². The maximum atomic E-state index is 2.58. The minimum Gasteiger partial charge on any atom is -0.0546 e. The molecule has 0 saturated carbocycles. The number of benzene rings is 4. The summed E-state index contributed by atoms with van der Waals surface area (Å²) in [5.41, 5.74) is 28.5. The topological polar surface area (TPSA) is 0 Å². The first-order valence-electron chi connectivity index (χ1n) is 13.0. The Morgan fingerprint density at radius 2 is 0.441 bits per heavy atom. The molecule has 0 saturated heterocycles. The predicted octanol–water partition coefficient (Wildman–Crippen LogP) is 6.51. The van der Waals surface area contributed by atoms with E-state index in [0.717, 1.165) is 51.4 Å². The van der Waals surface area contributed by atoms with Crippen molar-refractivity contribution >= 4 is 11.1 Å². The van der Waals surface area contributed by atoms with Gasteiger partial charge in [-0.3, -0.25) is 0 Å². The van der Waals surface area contributed by atoms with Gasteiger partial charge < -0.3 is 0 Å². The molecule has 0 aromatic heterocycles. The molecule has 4 aromatic carbocycles. The second kappa shape index (κ2) is 5.47. The van der Waals surface area contributed by atoms with Crippen molar-refractivity contribution in [3.8, 4) is 0 Å². The van der Waals surface area contributed by atoms with E-state index in [2.05, 4.69) is 48.5 Å². The molecule has 0 heteroatoms. The highest BCUT2D eigenvalue weighted by molar-refractivity contribution is 6.07. The molecule has 0 spiro atoms. The summed E-state index contributed by atoms with van der Waals surface area (Å²) in [6.07, 6.45) is 8.90. The average Bonchev–Trinajstić information content (AvgIpc) is 2.84. The molecular formula is C34H24. The molecule has 9 rings (SSSR count). The first-order chi connectivity index (χ1) is 16.7. The number of rotatable bonds is 0. The second-order valence-corrected chi connectivity index (χ2v) is 11.7. The van der Waals surface area contributed by atoms with E-state index >= 15 is 0 Å². The molecule has 0 atom stereocenters. The lowest BCUT2D eigenvalue weighted by Gasteiger charge is -2.36. The fourth-order valence-electron chi connectivity index (χ4n) is 8.15. The van der Waals surface area contributed by atoms with Gasteiger partial charge in [0, 0.05) is 0 Å². The summed E-state index contributed by atoms with van der Waals surface area (Å²) in [5.74, 6) is 0. The molecule has 0 unspecified atom stereocenters. The zero-order chi connectivity index (χ0) is 21.7. The summed E-state index contributed by atoms with van der Waals surface area (Å²) in [6.45, 7) is 0. The lowest BCUT2D eigenvalue weighted by atomic mass is 9.68. The second-order valence-electron chi connectivity index (χ2n) is 11.7. The molecule has 0 N–H and O–H groups in total. The maximum Gasteiger partial charge on any atom is -0.00136 e. The normalized spacial score (nSPS) is 18.1. The number of hydrogen-bond donors (Lipinski definition) is 0. The monoisotopic (exact) mass is 432 g/mol. The lowest BCUT2D eigenvalue weighted by Crippen LogP contribution is -2.20. The van der Waals surface area contributed by atoms with Gasteiger partial charge in [-0.15, -0.1) is 0 Å². The third kappa shape index (κ3) is 1.99. The van der Waals surface area contributed by atoms with Crippen LogP contribution in [-0.4, -0.2) is 0 Å². The van der Waals surface area contributed by atoms with E-state index in [1.165, 1.54) is 0 Å². The first kappa shape index (κ1) is 17.1. The Labute approximate surface area is 200 Å². The smallest absolute Gasteiger partial charge is 0.00136 e. The highest BCUT2D eigenvalue weighted by Crippen LogP contribution is 2.50. The maximum absolute atomic E-state index is 2.58. The number of hydrogen-bond acceptors (Lipinski definition) is 0. The molecule has 0 aliphatic heterocycles. The molecule has 0 nitrogen and oxygen atoms in total. The minimum atomic E-state index is 1.11. The van der Waals surface area contributed by atoms with Crippen molar-refractivity contribution in [2.24, 2.45) is 0 Å². The van der Waals surface area contributed by atoms with E-state index in [9.17, 15) is 0 Å². The van der Waals surface area contributed by atoms with E-state index in [4.69, 9.17) is 0 Å². The Balaban J connectivity index is 1.27. The fraction of sp³-hybridized carbons (Fsp3) is 0.235. The summed E-state index contributed by atoms with van der Waals surface area (Å²) < 4.78 is 0. The SMILES string of the molecule is c1c2c3cc4c1Cc1cc5c(cc1C4)Cc1cc4c(cc1C5)Cc1cc5c(cc1C4)C(=C5C2)C3. The quantitative estimate of drug-likeness (QED) is 0.256. The molecular weight excluding hydrogens is 408 g/mol. The van der Waals surface area contributed by atoms with Crippen LogP contribution < -0.4 is 0 Å². The van der Waals surface area contributed by atoms with Gasteiger partial charge in [-0.1, -0.05) is 48.5 Å². The van der Waals surface area contributed by atoms with E-state index < -0.39 is 0 Å².